The van der Waals surface area contributed by atoms with Crippen molar-refractivity contribution in [2.24, 2.45) is 0 Å². The van der Waals surface area contributed by atoms with Crippen LogP contribution in [0.1, 0.15) is 35.9 Å². The minimum Gasteiger partial charge on any atom is -0.494 e. The van der Waals surface area contributed by atoms with Gasteiger partial charge in [0.15, 0.2) is 5.13 Å². The molecule has 32 heavy (non-hydrogen) atoms. The molecule has 0 saturated heterocycles. The smallest absolute Gasteiger partial charge is 0.226 e. The maximum atomic E-state index is 12.3. The molecule has 2 heterocycles. The molecular weight excluding hydrogens is 422 g/mol. The summed E-state index contributed by atoms with van der Waals surface area (Å²) in [7, 11) is 0. The zero-order chi connectivity index (χ0) is 22.2. The fourth-order valence-corrected chi connectivity index (χ4v) is 4.75. The van der Waals surface area contributed by atoms with Crippen molar-refractivity contribution < 1.29 is 14.3 Å². The van der Waals surface area contributed by atoms with Crippen LogP contribution in [0.4, 0.5) is 5.13 Å². The highest BCUT2D eigenvalue weighted by Gasteiger charge is 2.21. The fraction of sp³-hybridized carbons (Fsp3) is 0.360. The van der Waals surface area contributed by atoms with Crippen LogP contribution in [-0.2, 0) is 24.3 Å². The molecule has 168 valence electrons. The summed E-state index contributed by atoms with van der Waals surface area (Å²) in [5.41, 5.74) is 2.44. The SMILES string of the molecule is CCOc1ccc(OCCCC(=O)Nc2nc3c(s2)CN(Cc2ccccc2)CC3)cc1. The van der Waals surface area contributed by atoms with E-state index in [4.69, 9.17) is 9.47 Å². The standard InChI is InChI=1S/C25H29N3O3S/c1-2-30-20-10-12-21(13-11-20)31-16-6-9-24(29)27-25-26-22-14-15-28(18-23(22)32-25)17-19-7-4-3-5-8-19/h3-5,7-8,10-13H,2,6,9,14-18H2,1H3,(H,26,27,29). The van der Waals surface area contributed by atoms with Gasteiger partial charge in [-0.25, -0.2) is 4.98 Å². The van der Waals surface area contributed by atoms with Crippen LogP contribution in [0.25, 0.3) is 0 Å². The highest BCUT2D eigenvalue weighted by Crippen LogP contribution is 2.29. The third-order valence-corrected chi connectivity index (χ3v) is 6.26. The maximum absolute atomic E-state index is 12.3. The van der Waals surface area contributed by atoms with Gasteiger partial charge >= 0.3 is 0 Å². The lowest BCUT2D eigenvalue weighted by atomic mass is 10.1. The second-order valence-corrected chi connectivity index (χ2v) is 8.82. The van der Waals surface area contributed by atoms with Crippen molar-refractivity contribution in [3.63, 3.8) is 0 Å². The molecule has 1 N–H and O–H groups in total. The largest absolute Gasteiger partial charge is 0.494 e. The normalized spacial score (nSPS) is 13.4. The zero-order valence-electron chi connectivity index (χ0n) is 18.4. The average Bonchev–Trinajstić information content (AvgIpc) is 3.20. The van der Waals surface area contributed by atoms with Gasteiger partial charge in [0.1, 0.15) is 11.5 Å². The molecule has 0 spiro atoms. The van der Waals surface area contributed by atoms with Gasteiger partial charge < -0.3 is 14.8 Å². The van der Waals surface area contributed by atoms with Gasteiger partial charge in [0, 0.05) is 37.4 Å². The minimum atomic E-state index is -0.0208. The first-order chi connectivity index (χ1) is 15.7. The number of ether oxygens (including phenoxy) is 2. The monoisotopic (exact) mass is 451 g/mol. The topological polar surface area (TPSA) is 63.7 Å². The number of hydrogen-bond donors (Lipinski definition) is 1. The number of nitrogens with one attached hydrogen (secondary N) is 1. The van der Waals surface area contributed by atoms with Crippen LogP contribution in [0.2, 0.25) is 0 Å². The summed E-state index contributed by atoms with van der Waals surface area (Å²) in [5.74, 6) is 1.59. The molecule has 0 atom stereocenters. The van der Waals surface area contributed by atoms with Gasteiger partial charge in [0.25, 0.3) is 0 Å². The van der Waals surface area contributed by atoms with E-state index in [1.807, 2.05) is 37.3 Å². The van der Waals surface area contributed by atoms with E-state index in [0.717, 1.165) is 43.2 Å². The molecule has 3 aromatic rings. The van der Waals surface area contributed by atoms with Crippen LogP contribution in [0.15, 0.2) is 54.6 Å². The summed E-state index contributed by atoms with van der Waals surface area (Å²) in [6, 6.07) is 18.1. The predicted molar refractivity (Wildman–Crippen MR) is 127 cm³/mol. The Kier molecular flexibility index (Phi) is 7.74. The molecule has 1 aliphatic heterocycles. The second-order valence-electron chi connectivity index (χ2n) is 7.74. The molecule has 0 radical (unpaired) electrons. The first-order valence-electron chi connectivity index (χ1n) is 11.1. The van der Waals surface area contributed by atoms with Crippen molar-refractivity contribution in [2.75, 3.05) is 25.1 Å². The van der Waals surface area contributed by atoms with Gasteiger partial charge in [-0.2, -0.15) is 0 Å². The van der Waals surface area contributed by atoms with E-state index in [-0.39, 0.29) is 5.91 Å². The van der Waals surface area contributed by atoms with Gasteiger partial charge in [-0.15, -0.1) is 11.3 Å². The number of benzene rings is 2. The molecule has 0 unspecified atom stereocenters. The van der Waals surface area contributed by atoms with Crippen LogP contribution in [-0.4, -0.2) is 35.5 Å². The number of hydrogen-bond acceptors (Lipinski definition) is 6. The number of anilines is 1. The molecule has 4 rings (SSSR count). The van der Waals surface area contributed by atoms with Crippen molar-refractivity contribution in [3.05, 3.63) is 70.7 Å². The molecule has 1 aromatic heterocycles. The lowest BCUT2D eigenvalue weighted by molar-refractivity contribution is -0.116. The Bertz CT molecular complexity index is 1010. The first-order valence-corrected chi connectivity index (χ1v) is 11.9. The van der Waals surface area contributed by atoms with Crippen LogP contribution < -0.4 is 14.8 Å². The molecule has 1 aliphatic rings. The number of carbonyl (C=O) groups excluding carboxylic acids is 1. The molecule has 6 nitrogen and oxygen atoms in total. The fourth-order valence-electron chi connectivity index (χ4n) is 3.68. The number of fused-ring (bicyclic) bond motifs is 1. The lowest BCUT2D eigenvalue weighted by Crippen LogP contribution is -2.29. The Hall–Kier alpha value is -2.90. The number of aromatic nitrogens is 1. The molecule has 2 aromatic carbocycles. The lowest BCUT2D eigenvalue weighted by Gasteiger charge is -2.25. The molecule has 0 fully saturated rings. The van der Waals surface area contributed by atoms with Crippen molar-refractivity contribution >= 4 is 22.4 Å². The van der Waals surface area contributed by atoms with E-state index >= 15 is 0 Å². The van der Waals surface area contributed by atoms with Crippen molar-refractivity contribution in [1.82, 2.24) is 9.88 Å². The molecule has 0 bridgehead atoms. The summed E-state index contributed by atoms with van der Waals surface area (Å²) >= 11 is 1.59. The Morgan fingerprint density at radius 1 is 1.09 bits per heavy atom. The van der Waals surface area contributed by atoms with Gasteiger partial charge in [-0.3, -0.25) is 9.69 Å². The molecule has 0 saturated carbocycles. The summed E-state index contributed by atoms with van der Waals surface area (Å²) in [4.78, 5) is 20.7. The highest BCUT2D eigenvalue weighted by atomic mass is 32.1. The molecule has 7 heteroatoms. The number of rotatable bonds is 10. The first kappa shape index (κ1) is 22.3. The van der Waals surface area contributed by atoms with E-state index in [9.17, 15) is 4.79 Å². The van der Waals surface area contributed by atoms with Crippen molar-refractivity contribution in [3.8, 4) is 11.5 Å². The van der Waals surface area contributed by atoms with Gasteiger partial charge in [0.2, 0.25) is 5.91 Å². The Morgan fingerprint density at radius 3 is 2.59 bits per heavy atom. The summed E-state index contributed by atoms with van der Waals surface area (Å²) in [6.07, 6.45) is 1.97. The average molecular weight is 452 g/mol. The molecule has 0 aliphatic carbocycles. The van der Waals surface area contributed by atoms with Gasteiger partial charge in [0.05, 0.1) is 18.9 Å². The predicted octanol–water partition coefficient (Wildman–Crippen LogP) is 4.90. The number of thiazole rings is 1. The number of amides is 1. The Labute approximate surface area is 193 Å². The van der Waals surface area contributed by atoms with E-state index < -0.39 is 0 Å². The van der Waals surface area contributed by atoms with E-state index in [2.05, 4.69) is 39.5 Å². The van der Waals surface area contributed by atoms with Crippen molar-refractivity contribution in [1.29, 1.82) is 0 Å². The second kappa shape index (κ2) is 11.1. The van der Waals surface area contributed by atoms with Crippen LogP contribution >= 0.6 is 11.3 Å². The summed E-state index contributed by atoms with van der Waals surface area (Å²) < 4.78 is 11.1. The van der Waals surface area contributed by atoms with Crippen LogP contribution in [0.5, 0.6) is 11.5 Å². The zero-order valence-corrected chi connectivity index (χ0v) is 19.2. The van der Waals surface area contributed by atoms with E-state index in [1.54, 1.807) is 11.3 Å². The quantitative estimate of drug-likeness (QED) is 0.444. The summed E-state index contributed by atoms with van der Waals surface area (Å²) in [5, 5.41) is 3.66. The van der Waals surface area contributed by atoms with Gasteiger partial charge in [-0.05, 0) is 43.2 Å². The summed E-state index contributed by atoms with van der Waals surface area (Å²) in [6.45, 7) is 5.90. The molecular formula is C25H29N3O3S. The number of nitrogens with zero attached hydrogens (tertiary/aromatic N) is 2. The maximum Gasteiger partial charge on any atom is 0.226 e. The number of carbonyl (C=O) groups is 1. The van der Waals surface area contributed by atoms with E-state index in [0.29, 0.717) is 31.2 Å². The molecule has 1 amide bonds. The third-order valence-electron chi connectivity index (χ3n) is 5.26. The highest BCUT2D eigenvalue weighted by molar-refractivity contribution is 7.15. The Morgan fingerprint density at radius 2 is 1.84 bits per heavy atom. The third kappa shape index (κ3) is 6.31. The van der Waals surface area contributed by atoms with Crippen LogP contribution in [0.3, 0.4) is 0 Å². The minimum absolute atomic E-state index is 0.0208. The van der Waals surface area contributed by atoms with Crippen molar-refractivity contribution in [2.45, 2.75) is 39.3 Å². The van der Waals surface area contributed by atoms with Crippen LogP contribution in [0, 0.1) is 0 Å². The Balaban J connectivity index is 1.19. The van der Waals surface area contributed by atoms with E-state index in [1.165, 1.54) is 10.4 Å². The van der Waals surface area contributed by atoms with Gasteiger partial charge in [-0.1, -0.05) is 30.3 Å².